The largest absolute Gasteiger partial charge is 0.458 e. The zero-order valence-corrected chi connectivity index (χ0v) is 27.6. The quantitative estimate of drug-likeness (QED) is 0.136. The van der Waals surface area contributed by atoms with Crippen molar-refractivity contribution < 1.29 is 9.30 Å². The van der Waals surface area contributed by atoms with Gasteiger partial charge >= 0.3 is 0 Å². The number of hydrogen-bond acceptors (Lipinski definition) is 2. The van der Waals surface area contributed by atoms with Crippen molar-refractivity contribution >= 4 is 21.8 Å². The van der Waals surface area contributed by atoms with Gasteiger partial charge in [0.25, 0.3) is 6.33 Å². The van der Waals surface area contributed by atoms with Crippen molar-refractivity contribution in [3.05, 3.63) is 163 Å². The molecule has 48 heavy (non-hydrogen) atoms. The number of rotatable bonds is 6. The number of aromatic nitrogens is 4. The summed E-state index contributed by atoms with van der Waals surface area (Å²) in [5, 5.41) is 2.34. The minimum atomic E-state index is 0.0104. The highest BCUT2D eigenvalue weighted by Crippen LogP contribution is 2.36. The second kappa shape index (κ2) is 11.7. The third-order valence-electron chi connectivity index (χ3n) is 8.89. The monoisotopic (exact) mass is 624 g/mol. The number of nitrogens with zero attached hydrogens (tertiary/aromatic N) is 4. The zero-order valence-electron chi connectivity index (χ0n) is 27.6. The van der Waals surface area contributed by atoms with Crippen LogP contribution in [0.15, 0.2) is 146 Å². The second-order valence-corrected chi connectivity index (χ2v) is 13.3. The number of pyridine rings is 1. The van der Waals surface area contributed by atoms with Crippen LogP contribution in [0.2, 0.25) is 0 Å². The molecule has 0 spiro atoms. The van der Waals surface area contributed by atoms with Gasteiger partial charge in [-0.15, -0.1) is 0 Å². The molecule has 0 amide bonds. The summed E-state index contributed by atoms with van der Waals surface area (Å²) in [6.45, 7) is 8.81. The molecule has 5 aromatic carbocycles. The first-order valence-electron chi connectivity index (χ1n) is 16.3. The summed E-state index contributed by atoms with van der Waals surface area (Å²) in [5.41, 5.74) is 9.01. The van der Waals surface area contributed by atoms with Crippen LogP contribution >= 0.6 is 0 Å². The Morgan fingerprint density at radius 1 is 0.708 bits per heavy atom. The first-order chi connectivity index (χ1) is 23.3. The van der Waals surface area contributed by atoms with Gasteiger partial charge in [-0.05, 0) is 83.6 Å². The van der Waals surface area contributed by atoms with Gasteiger partial charge in [-0.3, -0.25) is 13.7 Å². The molecule has 0 bridgehead atoms. The lowest BCUT2D eigenvalue weighted by molar-refractivity contribution is -0.598. The maximum absolute atomic E-state index is 6.53. The van der Waals surface area contributed by atoms with E-state index in [2.05, 4.69) is 136 Å². The molecule has 5 nitrogen and oxygen atoms in total. The molecule has 0 atom stereocenters. The highest BCUT2D eigenvalue weighted by molar-refractivity contribution is 6.09. The lowest BCUT2D eigenvalue weighted by Crippen LogP contribution is -2.29. The van der Waals surface area contributed by atoms with Gasteiger partial charge in [0.2, 0.25) is 0 Å². The average molecular weight is 625 g/mol. The van der Waals surface area contributed by atoms with Crippen molar-refractivity contribution in [3.63, 3.8) is 0 Å². The smallest absolute Gasteiger partial charge is 0.268 e. The molecule has 3 aromatic heterocycles. The van der Waals surface area contributed by atoms with Gasteiger partial charge in [-0.2, -0.15) is 0 Å². The Morgan fingerprint density at radius 3 is 2.35 bits per heavy atom. The summed E-state index contributed by atoms with van der Waals surface area (Å²) >= 11 is 0. The number of imidazole rings is 1. The van der Waals surface area contributed by atoms with Gasteiger partial charge in [0, 0.05) is 35.4 Å². The predicted molar refractivity (Wildman–Crippen MR) is 194 cm³/mol. The van der Waals surface area contributed by atoms with Crippen molar-refractivity contribution in [2.24, 2.45) is 0 Å². The number of benzene rings is 5. The molecule has 0 unspecified atom stereocenters. The highest BCUT2D eigenvalue weighted by atomic mass is 16.5. The SMILES string of the molecule is Cc1ccc(-[n+]2[c-]n(-c3cccc(Oc4ccc5c6ccccc6n(-c6cc(C(C)(C)C)ccn6)c5c4)c3)cc2)c(-c2ccccc2)c1. The minimum absolute atomic E-state index is 0.0104. The summed E-state index contributed by atoms with van der Waals surface area (Å²) in [6, 6.07) is 44.2. The van der Waals surface area contributed by atoms with Crippen LogP contribution in [0.5, 0.6) is 11.5 Å². The summed E-state index contributed by atoms with van der Waals surface area (Å²) in [4.78, 5) is 4.82. The van der Waals surface area contributed by atoms with Crippen molar-refractivity contribution in [2.45, 2.75) is 33.1 Å². The maximum Gasteiger partial charge on any atom is 0.268 e. The summed E-state index contributed by atoms with van der Waals surface area (Å²) in [5.74, 6) is 2.40. The van der Waals surface area contributed by atoms with E-state index in [0.717, 1.165) is 45.1 Å². The molecule has 8 rings (SSSR count). The Kier molecular flexibility index (Phi) is 7.18. The van der Waals surface area contributed by atoms with Crippen LogP contribution in [0.25, 0.3) is 50.1 Å². The molecular weight excluding hydrogens is 589 g/mol. The van der Waals surface area contributed by atoms with E-state index in [9.17, 15) is 0 Å². The first kappa shape index (κ1) is 29.5. The molecule has 0 radical (unpaired) electrons. The topological polar surface area (TPSA) is 35.9 Å². The summed E-state index contributed by atoms with van der Waals surface area (Å²) in [7, 11) is 0. The van der Waals surface area contributed by atoms with E-state index in [1.54, 1.807) is 0 Å². The van der Waals surface area contributed by atoms with Crippen LogP contribution in [0, 0.1) is 13.3 Å². The Balaban J connectivity index is 1.14. The third-order valence-corrected chi connectivity index (χ3v) is 8.89. The Morgan fingerprint density at radius 2 is 1.50 bits per heavy atom. The molecule has 0 saturated heterocycles. The lowest BCUT2D eigenvalue weighted by atomic mass is 9.88. The summed E-state index contributed by atoms with van der Waals surface area (Å²) < 4.78 is 12.8. The molecule has 0 aliphatic carbocycles. The number of para-hydroxylation sites is 1. The molecule has 3 heterocycles. The van der Waals surface area contributed by atoms with Crippen molar-refractivity contribution in [1.29, 1.82) is 0 Å². The molecular formula is C43H36N4O. The number of hydrogen-bond donors (Lipinski definition) is 0. The van der Waals surface area contributed by atoms with E-state index < -0.39 is 0 Å². The predicted octanol–water partition coefficient (Wildman–Crippen LogP) is 10.1. The number of fused-ring (bicyclic) bond motifs is 3. The van der Waals surface area contributed by atoms with Crippen molar-refractivity contribution in [3.8, 4) is 39.8 Å². The van der Waals surface area contributed by atoms with Crippen LogP contribution in [0.1, 0.15) is 31.9 Å². The van der Waals surface area contributed by atoms with Gasteiger partial charge in [0.05, 0.1) is 22.4 Å². The van der Waals surface area contributed by atoms with Crippen LogP contribution in [-0.4, -0.2) is 14.1 Å². The average Bonchev–Trinajstić information content (AvgIpc) is 3.72. The van der Waals surface area contributed by atoms with E-state index >= 15 is 0 Å². The fourth-order valence-electron chi connectivity index (χ4n) is 6.40. The second-order valence-electron chi connectivity index (χ2n) is 13.3. The molecule has 0 saturated carbocycles. The van der Waals surface area contributed by atoms with E-state index in [-0.39, 0.29) is 5.41 Å². The Labute approximate surface area is 281 Å². The Bertz CT molecular complexity index is 2430. The fraction of sp³-hybridized carbons (Fsp3) is 0.116. The van der Waals surface area contributed by atoms with E-state index in [4.69, 9.17) is 9.72 Å². The van der Waals surface area contributed by atoms with Crippen molar-refractivity contribution in [2.75, 3.05) is 0 Å². The molecule has 0 fully saturated rings. The van der Waals surface area contributed by atoms with Crippen LogP contribution < -0.4 is 9.30 Å². The molecule has 0 aliphatic heterocycles. The van der Waals surface area contributed by atoms with Gasteiger partial charge < -0.3 is 4.74 Å². The maximum atomic E-state index is 6.53. The van der Waals surface area contributed by atoms with Crippen LogP contribution in [0.4, 0.5) is 0 Å². The number of ether oxygens (including phenoxy) is 1. The van der Waals surface area contributed by atoms with E-state index in [1.807, 2.05) is 58.1 Å². The standard InChI is InChI=1S/C43H36N4O/c1-30-17-20-39(38(25-30)31-11-6-5-7-12-31)46-24-23-45(29-46)33-13-10-14-34(27-33)48-35-18-19-37-36-15-8-9-16-40(36)47(41(37)28-35)42-26-32(21-22-44-42)43(2,3)4/h5-28H,1-4H3. The number of aryl methyl sites for hydroxylation is 1. The zero-order chi connectivity index (χ0) is 32.8. The highest BCUT2D eigenvalue weighted by Gasteiger charge is 2.18. The lowest BCUT2D eigenvalue weighted by Gasteiger charge is -2.20. The van der Waals surface area contributed by atoms with Crippen molar-refractivity contribution in [1.82, 2.24) is 14.1 Å². The Hall–Kier alpha value is -5.94. The first-order valence-corrected chi connectivity index (χ1v) is 16.3. The molecule has 0 aliphatic rings. The molecule has 0 N–H and O–H groups in total. The van der Waals surface area contributed by atoms with Gasteiger partial charge in [-0.1, -0.05) is 93.1 Å². The molecule has 5 heteroatoms. The van der Waals surface area contributed by atoms with E-state index in [1.165, 1.54) is 27.6 Å². The molecule has 234 valence electrons. The minimum Gasteiger partial charge on any atom is -0.458 e. The normalized spacial score (nSPS) is 11.8. The van der Waals surface area contributed by atoms with Crippen LogP contribution in [0.3, 0.4) is 0 Å². The van der Waals surface area contributed by atoms with Crippen LogP contribution in [-0.2, 0) is 5.41 Å². The fourth-order valence-corrected chi connectivity index (χ4v) is 6.40. The van der Waals surface area contributed by atoms with Gasteiger partial charge in [0.15, 0.2) is 0 Å². The van der Waals surface area contributed by atoms with Gasteiger partial charge in [0.1, 0.15) is 17.3 Å². The molecule has 8 aromatic rings. The van der Waals surface area contributed by atoms with Gasteiger partial charge in [-0.25, -0.2) is 4.98 Å². The summed E-state index contributed by atoms with van der Waals surface area (Å²) in [6.07, 6.45) is 9.49. The van der Waals surface area contributed by atoms with E-state index in [0.29, 0.717) is 0 Å². The third kappa shape index (κ3) is 5.43.